The molecule has 0 aliphatic rings. The van der Waals surface area contributed by atoms with Crippen molar-refractivity contribution in [3.05, 3.63) is 95.6 Å². The Labute approximate surface area is 157 Å². The van der Waals surface area contributed by atoms with E-state index in [9.17, 15) is 9.59 Å². The van der Waals surface area contributed by atoms with Crippen LogP contribution in [0.25, 0.3) is 0 Å². The Bertz CT molecular complexity index is 1010. The molecule has 27 heavy (non-hydrogen) atoms. The number of anilines is 2. The Morgan fingerprint density at radius 2 is 1.63 bits per heavy atom. The first-order chi connectivity index (χ1) is 13.2. The van der Waals surface area contributed by atoms with E-state index in [1.807, 2.05) is 6.07 Å². The Balaban J connectivity index is 1.69. The molecular weight excluding hydrogens is 338 g/mol. The van der Waals surface area contributed by atoms with Crippen LogP contribution in [0.15, 0.2) is 78.9 Å². The standard InChI is InChI=1S/C22H17N3O2/c23-14-16-7-6-10-18(13-16)24-15-21(26)25-20-12-5-4-11-19(20)22(27)17-8-2-1-3-9-17/h1-13,24H,15H2,(H,25,26). The minimum Gasteiger partial charge on any atom is -0.376 e. The van der Waals surface area contributed by atoms with Gasteiger partial charge in [-0.3, -0.25) is 9.59 Å². The molecule has 0 saturated heterocycles. The van der Waals surface area contributed by atoms with Crippen molar-refractivity contribution in [3.8, 4) is 6.07 Å². The molecule has 0 bridgehead atoms. The van der Waals surface area contributed by atoms with Crippen LogP contribution in [-0.2, 0) is 4.79 Å². The van der Waals surface area contributed by atoms with E-state index in [2.05, 4.69) is 16.7 Å². The second-order valence-electron chi connectivity index (χ2n) is 5.84. The molecular formula is C22H17N3O2. The number of hydrogen-bond donors (Lipinski definition) is 2. The van der Waals surface area contributed by atoms with Crippen LogP contribution >= 0.6 is 0 Å². The van der Waals surface area contributed by atoms with Gasteiger partial charge in [0.1, 0.15) is 0 Å². The van der Waals surface area contributed by atoms with E-state index in [4.69, 9.17) is 5.26 Å². The fraction of sp³-hybridized carbons (Fsp3) is 0.0455. The average molecular weight is 355 g/mol. The third-order valence-electron chi connectivity index (χ3n) is 3.93. The maximum atomic E-state index is 12.7. The molecule has 5 nitrogen and oxygen atoms in total. The Hall–Kier alpha value is -3.91. The summed E-state index contributed by atoms with van der Waals surface area (Å²) >= 11 is 0. The first-order valence-electron chi connectivity index (χ1n) is 8.40. The molecule has 0 saturated carbocycles. The third-order valence-corrected chi connectivity index (χ3v) is 3.93. The van der Waals surface area contributed by atoms with Crippen LogP contribution in [0.2, 0.25) is 0 Å². The van der Waals surface area contributed by atoms with Gasteiger partial charge in [0, 0.05) is 16.8 Å². The van der Waals surface area contributed by atoms with Crippen molar-refractivity contribution in [2.45, 2.75) is 0 Å². The van der Waals surface area contributed by atoms with Gasteiger partial charge in [0.2, 0.25) is 5.91 Å². The van der Waals surface area contributed by atoms with Gasteiger partial charge in [-0.15, -0.1) is 0 Å². The molecule has 2 N–H and O–H groups in total. The van der Waals surface area contributed by atoms with Crippen molar-refractivity contribution in [1.82, 2.24) is 0 Å². The molecule has 3 aromatic rings. The highest BCUT2D eigenvalue weighted by Gasteiger charge is 2.14. The largest absolute Gasteiger partial charge is 0.376 e. The van der Waals surface area contributed by atoms with Crippen molar-refractivity contribution in [2.75, 3.05) is 17.2 Å². The molecule has 3 rings (SSSR count). The van der Waals surface area contributed by atoms with Crippen LogP contribution < -0.4 is 10.6 Å². The number of carbonyl (C=O) groups is 2. The number of amides is 1. The lowest BCUT2D eigenvalue weighted by Gasteiger charge is -2.11. The van der Waals surface area contributed by atoms with Gasteiger partial charge in [-0.1, -0.05) is 48.5 Å². The molecule has 0 spiro atoms. The Morgan fingerprint density at radius 1 is 0.889 bits per heavy atom. The molecule has 132 valence electrons. The van der Waals surface area contributed by atoms with E-state index in [0.29, 0.717) is 28.1 Å². The second kappa shape index (κ2) is 8.45. The highest BCUT2D eigenvalue weighted by Crippen LogP contribution is 2.19. The van der Waals surface area contributed by atoms with Gasteiger partial charge in [-0.25, -0.2) is 0 Å². The summed E-state index contributed by atoms with van der Waals surface area (Å²) in [6.07, 6.45) is 0. The normalized spacial score (nSPS) is 9.89. The van der Waals surface area contributed by atoms with Gasteiger partial charge in [0.15, 0.2) is 5.78 Å². The number of nitrogens with one attached hydrogen (secondary N) is 2. The van der Waals surface area contributed by atoms with Gasteiger partial charge in [0.05, 0.1) is 23.9 Å². The van der Waals surface area contributed by atoms with Crippen LogP contribution in [0.1, 0.15) is 21.5 Å². The highest BCUT2D eigenvalue weighted by molar-refractivity contribution is 6.14. The van der Waals surface area contributed by atoms with Crippen LogP contribution in [0, 0.1) is 11.3 Å². The monoisotopic (exact) mass is 355 g/mol. The van der Waals surface area contributed by atoms with Crippen molar-refractivity contribution in [3.63, 3.8) is 0 Å². The molecule has 3 aromatic carbocycles. The number of carbonyl (C=O) groups excluding carboxylic acids is 2. The van der Waals surface area contributed by atoms with Gasteiger partial charge in [-0.2, -0.15) is 5.26 Å². The Morgan fingerprint density at radius 3 is 2.41 bits per heavy atom. The number of nitrogens with zero attached hydrogens (tertiary/aromatic N) is 1. The number of rotatable bonds is 6. The van der Waals surface area contributed by atoms with Gasteiger partial charge in [0.25, 0.3) is 0 Å². The predicted molar refractivity (Wildman–Crippen MR) is 105 cm³/mol. The van der Waals surface area contributed by atoms with Gasteiger partial charge in [-0.05, 0) is 30.3 Å². The number of benzene rings is 3. The summed E-state index contributed by atoms with van der Waals surface area (Å²) in [5, 5.41) is 14.7. The minimum atomic E-state index is -0.286. The van der Waals surface area contributed by atoms with Crippen LogP contribution in [0.4, 0.5) is 11.4 Å². The molecule has 0 atom stereocenters. The van der Waals surface area contributed by atoms with Crippen LogP contribution in [-0.4, -0.2) is 18.2 Å². The number of nitriles is 1. The van der Waals surface area contributed by atoms with Crippen LogP contribution in [0.5, 0.6) is 0 Å². The number of ketones is 1. The van der Waals surface area contributed by atoms with Gasteiger partial charge < -0.3 is 10.6 Å². The summed E-state index contributed by atoms with van der Waals surface area (Å²) in [6.45, 7) is 0.0166. The first kappa shape index (κ1) is 17.9. The zero-order valence-electron chi connectivity index (χ0n) is 14.5. The average Bonchev–Trinajstić information content (AvgIpc) is 2.73. The third kappa shape index (κ3) is 4.59. The fourth-order valence-corrected chi connectivity index (χ4v) is 2.61. The second-order valence-corrected chi connectivity index (χ2v) is 5.84. The van der Waals surface area contributed by atoms with E-state index < -0.39 is 0 Å². The summed E-state index contributed by atoms with van der Waals surface area (Å²) in [5.74, 6) is -0.438. The topological polar surface area (TPSA) is 82.0 Å². The van der Waals surface area contributed by atoms with E-state index in [-0.39, 0.29) is 18.2 Å². The molecule has 5 heteroatoms. The van der Waals surface area contributed by atoms with Crippen molar-refractivity contribution in [1.29, 1.82) is 5.26 Å². The molecule has 0 aromatic heterocycles. The summed E-state index contributed by atoms with van der Waals surface area (Å²) < 4.78 is 0. The van der Waals surface area contributed by atoms with E-state index >= 15 is 0 Å². The van der Waals surface area contributed by atoms with Gasteiger partial charge >= 0.3 is 0 Å². The molecule has 0 heterocycles. The minimum absolute atomic E-state index is 0.0166. The summed E-state index contributed by atoms with van der Waals surface area (Å²) in [7, 11) is 0. The zero-order chi connectivity index (χ0) is 19.1. The van der Waals surface area contributed by atoms with E-state index in [0.717, 1.165) is 0 Å². The lowest BCUT2D eigenvalue weighted by molar-refractivity contribution is -0.114. The fourth-order valence-electron chi connectivity index (χ4n) is 2.61. The smallest absolute Gasteiger partial charge is 0.243 e. The zero-order valence-corrected chi connectivity index (χ0v) is 14.5. The van der Waals surface area contributed by atoms with Crippen molar-refractivity contribution >= 4 is 23.1 Å². The lowest BCUT2D eigenvalue weighted by Crippen LogP contribution is -2.23. The van der Waals surface area contributed by atoms with Crippen LogP contribution in [0.3, 0.4) is 0 Å². The van der Waals surface area contributed by atoms with Crippen molar-refractivity contribution < 1.29 is 9.59 Å². The van der Waals surface area contributed by atoms with E-state index in [1.54, 1.807) is 72.8 Å². The molecule has 1 amide bonds. The predicted octanol–water partition coefficient (Wildman–Crippen LogP) is 3.84. The highest BCUT2D eigenvalue weighted by atomic mass is 16.2. The quantitative estimate of drug-likeness (QED) is 0.658. The van der Waals surface area contributed by atoms with E-state index in [1.165, 1.54) is 0 Å². The maximum absolute atomic E-state index is 12.7. The first-order valence-corrected chi connectivity index (χ1v) is 8.40. The summed E-state index contributed by atoms with van der Waals surface area (Å²) in [4.78, 5) is 25.0. The molecule has 0 radical (unpaired) electrons. The van der Waals surface area contributed by atoms with Crippen molar-refractivity contribution in [2.24, 2.45) is 0 Å². The Kier molecular flexibility index (Phi) is 5.60. The lowest BCUT2D eigenvalue weighted by atomic mass is 10.0. The SMILES string of the molecule is N#Cc1cccc(NCC(=O)Nc2ccccc2C(=O)c2ccccc2)c1. The molecule has 0 aliphatic carbocycles. The maximum Gasteiger partial charge on any atom is 0.243 e. The molecule has 0 aliphatic heterocycles. The summed E-state index contributed by atoms with van der Waals surface area (Å²) in [6, 6.07) is 24.8. The number of para-hydroxylation sites is 1. The molecule has 0 unspecified atom stereocenters. The molecule has 0 fully saturated rings. The summed E-state index contributed by atoms with van der Waals surface area (Å²) in [5.41, 5.74) is 2.65. The number of hydrogen-bond acceptors (Lipinski definition) is 4.